The van der Waals surface area contributed by atoms with Crippen molar-refractivity contribution in [2.24, 2.45) is 5.92 Å². The van der Waals surface area contributed by atoms with Crippen molar-refractivity contribution in [2.45, 2.75) is 33.2 Å². The average molecular weight is 246 g/mol. The fourth-order valence-corrected chi connectivity index (χ4v) is 2.58. The van der Waals surface area contributed by atoms with Gasteiger partial charge in [-0.3, -0.25) is 4.79 Å². The Bertz CT molecular complexity index is 456. The molecule has 1 aromatic carbocycles. The van der Waals surface area contributed by atoms with Crippen molar-refractivity contribution in [3.05, 3.63) is 29.3 Å². The van der Waals surface area contributed by atoms with Gasteiger partial charge in [0.15, 0.2) is 0 Å². The zero-order chi connectivity index (χ0) is 13.3. The maximum atomic E-state index is 12.5. The molecule has 2 atom stereocenters. The van der Waals surface area contributed by atoms with E-state index in [0.29, 0.717) is 5.92 Å². The molecule has 1 aliphatic heterocycles. The van der Waals surface area contributed by atoms with Crippen LogP contribution in [0, 0.1) is 12.8 Å². The van der Waals surface area contributed by atoms with Crippen molar-refractivity contribution >= 4 is 11.6 Å². The first-order valence-corrected chi connectivity index (χ1v) is 6.68. The van der Waals surface area contributed by atoms with Crippen molar-refractivity contribution in [3.8, 4) is 0 Å². The number of para-hydroxylation sites is 1. The maximum Gasteiger partial charge on any atom is 0.248 e. The van der Waals surface area contributed by atoms with E-state index in [2.05, 4.69) is 38.2 Å². The minimum absolute atomic E-state index is 0.177. The SMILES string of the molecule is CCC(C)CN1C(=O)C(NC)c2cccc(C)c21. The highest BCUT2D eigenvalue weighted by atomic mass is 16.2. The minimum Gasteiger partial charge on any atom is -0.310 e. The van der Waals surface area contributed by atoms with E-state index in [9.17, 15) is 4.79 Å². The Morgan fingerprint density at radius 3 is 2.78 bits per heavy atom. The smallest absolute Gasteiger partial charge is 0.248 e. The molecule has 0 aromatic heterocycles. The predicted molar refractivity (Wildman–Crippen MR) is 74.8 cm³/mol. The highest BCUT2D eigenvalue weighted by molar-refractivity contribution is 6.05. The number of carbonyl (C=O) groups excluding carboxylic acids is 1. The van der Waals surface area contributed by atoms with Gasteiger partial charge in [0.2, 0.25) is 5.91 Å². The third kappa shape index (κ3) is 2.03. The predicted octanol–water partition coefficient (Wildman–Crippen LogP) is 2.65. The first-order chi connectivity index (χ1) is 8.60. The molecule has 3 nitrogen and oxygen atoms in total. The molecule has 1 amide bonds. The molecule has 1 heterocycles. The second-order valence-electron chi connectivity index (χ2n) is 5.20. The summed E-state index contributed by atoms with van der Waals surface area (Å²) in [5, 5.41) is 3.13. The third-order valence-corrected chi connectivity index (χ3v) is 3.84. The molecule has 0 aliphatic carbocycles. The molecule has 0 saturated heterocycles. The zero-order valence-corrected chi connectivity index (χ0v) is 11.7. The van der Waals surface area contributed by atoms with Crippen LogP contribution in [-0.2, 0) is 4.79 Å². The topological polar surface area (TPSA) is 32.3 Å². The summed E-state index contributed by atoms with van der Waals surface area (Å²) >= 11 is 0. The van der Waals surface area contributed by atoms with Crippen LogP contribution in [0.25, 0.3) is 0 Å². The van der Waals surface area contributed by atoms with Crippen LogP contribution in [0.3, 0.4) is 0 Å². The molecule has 18 heavy (non-hydrogen) atoms. The van der Waals surface area contributed by atoms with Crippen molar-refractivity contribution in [2.75, 3.05) is 18.5 Å². The quantitative estimate of drug-likeness (QED) is 0.885. The van der Waals surface area contributed by atoms with Gasteiger partial charge in [0, 0.05) is 12.1 Å². The molecule has 1 aliphatic rings. The number of hydrogen-bond acceptors (Lipinski definition) is 2. The van der Waals surface area contributed by atoms with Crippen LogP contribution < -0.4 is 10.2 Å². The number of nitrogens with one attached hydrogen (secondary N) is 1. The van der Waals surface area contributed by atoms with Crippen LogP contribution in [0.15, 0.2) is 18.2 Å². The standard InChI is InChI=1S/C15H22N2O/c1-5-10(2)9-17-14-11(3)7-6-8-12(14)13(16-4)15(17)18/h6-8,10,13,16H,5,9H2,1-4H3. The van der Waals surface area contributed by atoms with Crippen LogP contribution in [0.4, 0.5) is 5.69 Å². The molecular formula is C15H22N2O. The summed E-state index contributed by atoms with van der Waals surface area (Å²) in [6.45, 7) is 7.25. The Hall–Kier alpha value is -1.35. The summed E-state index contributed by atoms with van der Waals surface area (Å²) in [5.41, 5.74) is 3.41. The van der Waals surface area contributed by atoms with E-state index in [-0.39, 0.29) is 11.9 Å². The Kier molecular flexibility index (Phi) is 3.71. The number of aryl methyl sites for hydroxylation is 1. The second kappa shape index (κ2) is 5.11. The molecule has 0 saturated carbocycles. The highest BCUT2D eigenvalue weighted by Gasteiger charge is 2.37. The monoisotopic (exact) mass is 246 g/mol. The third-order valence-electron chi connectivity index (χ3n) is 3.84. The van der Waals surface area contributed by atoms with Crippen molar-refractivity contribution in [1.29, 1.82) is 0 Å². The van der Waals surface area contributed by atoms with Crippen LogP contribution >= 0.6 is 0 Å². The Balaban J connectivity index is 2.41. The van der Waals surface area contributed by atoms with Crippen molar-refractivity contribution in [3.63, 3.8) is 0 Å². The van der Waals surface area contributed by atoms with Gasteiger partial charge in [-0.25, -0.2) is 0 Å². The number of nitrogens with zero attached hydrogens (tertiary/aromatic N) is 1. The molecule has 1 N–H and O–H groups in total. The summed E-state index contributed by atoms with van der Waals surface area (Å²) in [6.07, 6.45) is 1.09. The highest BCUT2D eigenvalue weighted by Crippen LogP contribution is 2.38. The van der Waals surface area contributed by atoms with Gasteiger partial charge in [-0.15, -0.1) is 0 Å². The summed E-state index contributed by atoms with van der Waals surface area (Å²) in [4.78, 5) is 14.4. The van der Waals surface area contributed by atoms with Crippen molar-refractivity contribution in [1.82, 2.24) is 5.32 Å². The fourth-order valence-electron chi connectivity index (χ4n) is 2.58. The first-order valence-electron chi connectivity index (χ1n) is 6.68. The number of likely N-dealkylation sites (N-methyl/N-ethyl adjacent to an activating group) is 1. The number of amides is 1. The fraction of sp³-hybridized carbons (Fsp3) is 0.533. The van der Waals surface area contributed by atoms with E-state index in [0.717, 1.165) is 24.2 Å². The lowest BCUT2D eigenvalue weighted by Gasteiger charge is -2.22. The lowest BCUT2D eigenvalue weighted by Crippen LogP contribution is -2.36. The van der Waals surface area contributed by atoms with E-state index in [1.165, 1.54) is 5.56 Å². The van der Waals surface area contributed by atoms with E-state index >= 15 is 0 Å². The molecule has 0 spiro atoms. The minimum atomic E-state index is -0.177. The van der Waals surface area contributed by atoms with Gasteiger partial charge in [0.1, 0.15) is 6.04 Å². The zero-order valence-electron chi connectivity index (χ0n) is 11.7. The van der Waals surface area contributed by atoms with E-state index in [4.69, 9.17) is 0 Å². The van der Waals surface area contributed by atoms with E-state index in [1.54, 1.807) is 0 Å². The van der Waals surface area contributed by atoms with E-state index in [1.807, 2.05) is 18.0 Å². The van der Waals surface area contributed by atoms with Crippen LogP contribution in [0.2, 0.25) is 0 Å². The number of benzene rings is 1. The Morgan fingerprint density at radius 1 is 1.44 bits per heavy atom. The maximum absolute atomic E-state index is 12.5. The van der Waals surface area contributed by atoms with Gasteiger partial charge >= 0.3 is 0 Å². The number of anilines is 1. The molecule has 2 unspecified atom stereocenters. The first kappa shape index (κ1) is 13.1. The molecule has 2 rings (SSSR count). The summed E-state index contributed by atoms with van der Waals surface area (Å²) in [6, 6.07) is 5.98. The number of fused-ring (bicyclic) bond motifs is 1. The second-order valence-corrected chi connectivity index (χ2v) is 5.20. The van der Waals surface area contributed by atoms with Crippen LogP contribution in [0.5, 0.6) is 0 Å². The van der Waals surface area contributed by atoms with Gasteiger partial charge in [0.05, 0.1) is 5.69 Å². The summed E-state index contributed by atoms with van der Waals surface area (Å²) < 4.78 is 0. The Labute approximate surface area is 109 Å². The number of hydrogen-bond donors (Lipinski definition) is 1. The molecule has 0 bridgehead atoms. The molecule has 0 fully saturated rings. The lowest BCUT2D eigenvalue weighted by molar-refractivity contribution is -0.120. The number of rotatable bonds is 4. The Morgan fingerprint density at radius 2 is 2.17 bits per heavy atom. The van der Waals surface area contributed by atoms with Gasteiger partial charge < -0.3 is 10.2 Å². The summed E-state index contributed by atoms with van der Waals surface area (Å²) in [5.74, 6) is 0.708. The normalized spacial score (nSPS) is 20.1. The van der Waals surface area contributed by atoms with Crippen LogP contribution in [-0.4, -0.2) is 19.5 Å². The molecular weight excluding hydrogens is 224 g/mol. The summed E-state index contributed by atoms with van der Waals surface area (Å²) in [7, 11) is 1.85. The molecule has 3 heteroatoms. The van der Waals surface area contributed by atoms with Gasteiger partial charge in [-0.2, -0.15) is 0 Å². The van der Waals surface area contributed by atoms with Crippen LogP contribution in [0.1, 0.15) is 37.4 Å². The molecule has 0 radical (unpaired) electrons. The van der Waals surface area contributed by atoms with Gasteiger partial charge in [0.25, 0.3) is 0 Å². The van der Waals surface area contributed by atoms with Crippen molar-refractivity contribution < 1.29 is 4.79 Å². The molecule has 1 aromatic rings. The lowest BCUT2D eigenvalue weighted by atomic mass is 10.0. The average Bonchev–Trinajstić information content (AvgIpc) is 2.63. The van der Waals surface area contributed by atoms with Gasteiger partial charge in [-0.1, -0.05) is 38.5 Å². The van der Waals surface area contributed by atoms with Gasteiger partial charge in [-0.05, 0) is 25.5 Å². The van der Waals surface area contributed by atoms with E-state index < -0.39 is 0 Å². The largest absolute Gasteiger partial charge is 0.310 e. The molecule has 98 valence electrons. The number of carbonyl (C=O) groups is 1.